The number of aromatic nitrogens is 4. The lowest BCUT2D eigenvalue weighted by Crippen LogP contribution is -1.91. The third-order valence-electron chi connectivity index (χ3n) is 3.48. The van der Waals surface area contributed by atoms with Gasteiger partial charge in [0.15, 0.2) is 0 Å². The van der Waals surface area contributed by atoms with Crippen LogP contribution in [0.25, 0.3) is 11.1 Å². The van der Waals surface area contributed by atoms with Crippen LogP contribution in [0.1, 0.15) is 0 Å². The van der Waals surface area contributed by atoms with Crippen LogP contribution in [0.15, 0.2) is 85.7 Å². The summed E-state index contributed by atoms with van der Waals surface area (Å²) in [6.45, 7) is 0. The van der Waals surface area contributed by atoms with Crippen LogP contribution in [0.3, 0.4) is 0 Å². The van der Waals surface area contributed by atoms with Gasteiger partial charge in [0.25, 0.3) is 0 Å². The molecule has 4 rings (SSSR count). The van der Waals surface area contributed by atoms with Gasteiger partial charge in [0.2, 0.25) is 11.8 Å². The Morgan fingerprint density at radius 2 is 1.08 bits per heavy atom. The Kier molecular flexibility index (Phi) is 4.47. The summed E-state index contributed by atoms with van der Waals surface area (Å²) in [4.78, 5) is 16.8. The van der Waals surface area contributed by atoms with Crippen molar-refractivity contribution >= 4 is 0 Å². The molecule has 0 fully saturated rings. The van der Waals surface area contributed by atoms with E-state index in [1.807, 2.05) is 36.4 Å². The van der Waals surface area contributed by atoms with Crippen molar-refractivity contribution in [3.63, 3.8) is 0 Å². The summed E-state index contributed by atoms with van der Waals surface area (Å²) in [6, 6.07) is 14.7. The molecule has 0 saturated carbocycles. The summed E-state index contributed by atoms with van der Waals surface area (Å²) in [5.74, 6) is 2.21. The lowest BCUT2D eigenvalue weighted by atomic mass is 10.1. The third kappa shape index (κ3) is 3.81. The Morgan fingerprint density at radius 3 is 1.50 bits per heavy atom. The second-order valence-electron chi connectivity index (χ2n) is 5.36. The summed E-state index contributed by atoms with van der Waals surface area (Å²) in [6.07, 6.45) is 10.1. The van der Waals surface area contributed by atoms with Crippen LogP contribution in [0.5, 0.6) is 23.3 Å². The second-order valence-corrected chi connectivity index (χ2v) is 5.36. The molecule has 0 spiro atoms. The van der Waals surface area contributed by atoms with Gasteiger partial charge in [-0.15, -0.1) is 0 Å². The maximum Gasteiger partial charge on any atom is 0.219 e. The number of ether oxygens (including phenoxy) is 2. The minimum Gasteiger partial charge on any atom is -0.437 e. The van der Waals surface area contributed by atoms with Crippen LogP contribution in [-0.4, -0.2) is 19.9 Å². The summed E-state index contributed by atoms with van der Waals surface area (Å²) >= 11 is 0. The standard InChI is InChI=1S/C20H14N4O2/c1-3-7-23-19(5-1)25-17-9-15(11-21-13-17)16-10-18(14-22-12-16)26-20-6-2-4-8-24-20/h1-14H. The van der Waals surface area contributed by atoms with Gasteiger partial charge in [-0.2, -0.15) is 0 Å². The second kappa shape index (κ2) is 7.40. The molecule has 4 aromatic heterocycles. The molecule has 0 atom stereocenters. The maximum atomic E-state index is 5.73. The van der Waals surface area contributed by atoms with E-state index in [2.05, 4.69) is 19.9 Å². The van der Waals surface area contributed by atoms with Gasteiger partial charge in [0.1, 0.15) is 11.5 Å². The minimum atomic E-state index is 0.511. The van der Waals surface area contributed by atoms with Gasteiger partial charge in [0, 0.05) is 48.0 Å². The number of hydrogen-bond donors (Lipinski definition) is 0. The van der Waals surface area contributed by atoms with Crippen molar-refractivity contribution in [1.82, 2.24) is 19.9 Å². The van der Waals surface area contributed by atoms with Crippen molar-refractivity contribution < 1.29 is 9.47 Å². The molecule has 0 amide bonds. The molecule has 4 aromatic rings. The molecule has 6 nitrogen and oxygen atoms in total. The molecular formula is C20H14N4O2. The molecule has 0 N–H and O–H groups in total. The fraction of sp³-hybridized carbons (Fsp3) is 0. The summed E-state index contributed by atoms with van der Waals surface area (Å²) in [5.41, 5.74) is 1.72. The Morgan fingerprint density at radius 1 is 0.577 bits per heavy atom. The predicted octanol–water partition coefficient (Wildman–Crippen LogP) is 4.52. The molecule has 0 radical (unpaired) electrons. The molecule has 0 unspecified atom stereocenters. The highest BCUT2D eigenvalue weighted by atomic mass is 16.5. The molecule has 0 aromatic carbocycles. The first-order valence-electron chi connectivity index (χ1n) is 7.95. The number of hydrogen-bond acceptors (Lipinski definition) is 6. The van der Waals surface area contributed by atoms with Crippen LogP contribution in [0, 0.1) is 0 Å². The maximum absolute atomic E-state index is 5.73. The Bertz CT molecular complexity index is 912. The zero-order chi connectivity index (χ0) is 17.6. The average Bonchev–Trinajstić information content (AvgIpc) is 2.70. The van der Waals surface area contributed by atoms with Crippen molar-refractivity contribution in [2.75, 3.05) is 0 Å². The first-order chi connectivity index (χ1) is 12.9. The van der Waals surface area contributed by atoms with E-state index in [0.29, 0.717) is 23.3 Å². The molecule has 0 aliphatic rings. The first kappa shape index (κ1) is 15.7. The molecule has 26 heavy (non-hydrogen) atoms. The van der Waals surface area contributed by atoms with Gasteiger partial charge in [-0.25, -0.2) is 9.97 Å². The third-order valence-corrected chi connectivity index (χ3v) is 3.48. The van der Waals surface area contributed by atoms with Gasteiger partial charge in [0.05, 0.1) is 12.4 Å². The smallest absolute Gasteiger partial charge is 0.219 e. The van der Waals surface area contributed by atoms with Crippen LogP contribution in [0.4, 0.5) is 0 Å². The predicted molar refractivity (Wildman–Crippen MR) is 96.1 cm³/mol. The zero-order valence-electron chi connectivity index (χ0n) is 13.7. The van der Waals surface area contributed by atoms with E-state index in [1.165, 1.54) is 0 Å². The Labute approximate surface area is 150 Å². The van der Waals surface area contributed by atoms with Gasteiger partial charge in [-0.1, -0.05) is 12.1 Å². The van der Waals surface area contributed by atoms with E-state index in [9.17, 15) is 0 Å². The largest absolute Gasteiger partial charge is 0.437 e. The molecule has 0 saturated heterocycles. The topological polar surface area (TPSA) is 70.0 Å². The highest BCUT2D eigenvalue weighted by molar-refractivity contribution is 5.64. The highest BCUT2D eigenvalue weighted by Crippen LogP contribution is 2.28. The number of rotatable bonds is 5. The van der Waals surface area contributed by atoms with Crippen LogP contribution >= 0.6 is 0 Å². The fourth-order valence-corrected chi connectivity index (χ4v) is 2.32. The molecule has 0 bridgehead atoms. The van der Waals surface area contributed by atoms with Crippen LogP contribution < -0.4 is 9.47 Å². The van der Waals surface area contributed by atoms with Crippen LogP contribution in [-0.2, 0) is 0 Å². The van der Waals surface area contributed by atoms with Crippen molar-refractivity contribution in [2.24, 2.45) is 0 Å². The van der Waals surface area contributed by atoms with Crippen molar-refractivity contribution in [3.8, 4) is 34.4 Å². The molecule has 4 heterocycles. The van der Waals surface area contributed by atoms with E-state index >= 15 is 0 Å². The van der Waals surface area contributed by atoms with E-state index in [4.69, 9.17) is 9.47 Å². The average molecular weight is 342 g/mol. The van der Waals surface area contributed by atoms with Gasteiger partial charge >= 0.3 is 0 Å². The Hall–Kier alpha value is -3.80. The molecule has 126 valence electrons. The van der Waals surface area contributed by atoms with Crippen molar-refractivity contribution in [2.45, 2.75) is 0 Å². The van der Waals surface area contributed by atoms with Crippen molar-refractivity contribution in [1.29, 1.82) is 0 Å². The normalized spacial score (nSPS) is 10.3. The van der Waals surface area contributed by atoms with E-state index in [1.54, 1.807) is 49.3 Å². The van der Waals surface area contributed by atoms with Gasteiger partial charge < -0.3 is 9.47 Å². The lowest BCUT2D eigenvalue weighted by Gasteiger charge is -2.08. The monoisotopic (exact) mass is 342 g/mol. The first-order valence-corrected chi connectivity index (χ1v) is 7.95. The SMILES string of the molecule is c1ccc(Oc2cncc(-c3cncc(Oc4ccccn4)c3)c2)nc1. The number of pyridine rings is 4. The summed E-state index contributed by atoms with van der Waals surface area (Å²) < 4.78 is 11.5. The number of nitrogens with zero attached hydrogens (tertiary/aromatic N) is 4. The van der Waals surface area contributed by atoms with E-state index in [0.717, 1.165) is 11.1 Å². The molecule has 0 aliphatic carbocycles. The quantitative estimate of drug-likeness (QED) is 0.531. The minimum absolute atomic E-state index is 0.511. The van der Waals surface area contributed by atoms with Gasteiger partial charge in [-0.05, 0) is 24.3 Å². The van der Waals surface area contributed by atoms with Crippen LogP contribution in [0.2, 0.25) is 0 Å². The lowest BCUT2D eigenvalue weighted by molar-refractivity contribution is 0.460. The Balaban J connectivity index is 1.57. The highest BCUT2D eigenvalue weighted by Gasteiger charge is 2.06. The summed E-state index contributed by atoms with van der Waals surface area (Å²) in [7, 11) is 0. The summed E-state index contributed by atoms with van der Waals surface area (Å²) in [5, 5.41) is 0. The van der Waals surface area contributed by atoms with Crippen molar-refractivity contribution in [3.05, 3.63) is 85.7 Å². The van der Waals surface area contributed by atoms with E-state index < -0.39 is 0 Å². The van der Waals surface area contributed by atoms with E-state index in [-0.39, 0.29) is 0 Å². The molecular weight excluding hydrogens is 328 g/mol. The molecule has 0 aliphatic heterocycles. The zero-order valence-corrected chi connectivity index (χ0v) is 13.7. The fourth-order valence-electron chi connectivity index (χ4n) is 2.32. The molecule has 6 heteroatoms. The van der Waals surface area contributed by atoms with Gasteiger partial charge in [-0.3, -0.25) is 9.97 Å².